The number of halogens is 2. The Morgan fingerprint density at radius 1 is 1.00 bits per heavy atom. The Hall–Kier alpha value is -4.11. The summed E-state index contributed by atoms with van der Waals surface area (Å²) in [6.45, 7) is 1.86. The fourth-order valence-electron chi connectivity index (χ4n) is 5.44. The van der Waals surface area contributed by atoms with Crippen molar-refractivity contribution < 1.29 is 8.78 Å². The number of nitrogens with two attached hydrogens (primary N) is 1. The zero-order valence-electron chi connectivity index (χ0n) is 21.8. The van der Waals surface area contributed by atoms with Crippen LogP contribution in [-0.4, -0.2) is 26.7 Å². The van der Waals surface area contributed by atoms with Crippen molar-refractivity contribution in [2.75, 3.05) is 11.4 Å². The maximum Gasteiger partial charge on any atom is 0.331 e. The van der Waals surface area contributed by atoms with E-state index in [-0.39, 0.29) is 24.7 Å². The molecule has 2 N–H and O–H groups in total. The average molecular weight is 532 g/mol. The molecule has 2 atom stereocenters. The summed E-state index contributed by atoms with van der Waals surface area (Å²) in [5, 5.41) is 0. The van der Waals surface area contributed by atoms with Crippen LogP contribution in [0.1, 0.15) is 41.3 Å². The van der Waals surface area contributed by atoms with Crippen LogP contribution < -0.4 is 21.9 Å². The molecule has 1 unspecified atom stereocenters. The average Bonchev–Trinajstić information content (AvgIpc) is 3.39. The van der Waals surface area contributed by atoms with Gasteiger partial charge in [0, 0.05) is 42.3 Å². The molecular weight excluding hydrogens is 500 g/mol. The SMILES string of the molecule is Cc1c(N2CCCC2Cc2cccnc2)c(=O)n(C[C@H](N)c2ccccc2)c(=O)n1Cc1c(F)cccc1F. The summed E-state index contributed by atoms with van der Waals surface area (Å²) in [5.74, 6) is -1.51. The predicted molar refractivity (Wildman–Crippen MR) is 147 cm³/mol. The molecule has 39 heavy (non-hydrogen) atoms. The molecule has 1 fully saturated rings. The van der Waals surface area contributed by atoms with Crippen molar-refractivity contribution in [3.8, 4) is 0 Å². The lowest BCUT2D eigenvalue weighted by atomic mass is 10.1. The molecule has 1 aliphatic heterocycles. The van der Waals surface area contributed by atoms with E-state index in [9.17, 15) is 18.4 Å². The molecule has 9 heteroatoms. The van der Waals surface area contributed by atoms with Gasteiger partial charge in [-0.2, -0.15) is 0 Å². The minimum absolute atomic E-state index is 0.00740. The molecule has 1 saturated heterocycles. The third-order valence-electron chi connectivity index (χ3n) is 7.50. The van der Waals surface area contributed by atoms with Crippen LogP contribution >= 0.6 is 0 Å². The Kier molecular flexibility index (Phi) is 7.70. The zero-order valence-corrected chi connectivity index (χ0v) is 21.8. The third kappa shape index (κ3) is 5.40. The van der Waals surface area contributed by atoms with Crippen LogP contribution in [0.5, 0.6) is 0 Å². The van der Waals surface area contributed by atoms with Crippen molar-refractivity contribution in [1.29, 1.82) is 0 Å². The van der Waals surface area contributed by atoms with Gasteiger partial charge in [-0.05, 0) is 55.5 Å². The highest BCUT2D eigenvalue weighted by Gasteiger charge is 2.31. The van der Waals surface area contributed by atoms with Gasteiger partial charge in [-0.3, -0.25) is 18.9 Å². The number of anilines is 1. The number of nitrogens with zero attached hydrogens (tertiary/aromatic N) is 4. The summed E-state index contributed by atoms with van der Waals surface area (Å²) < 4.78 is 31.7. The number of aromatic nitrogens is 3. The predicted octanol–water partition coefficient (Wildman–Crippen LogP) is 3.95. The molecule has 2 aromatic carbocycles. The van der Waals surface area contributed by atoms with E-state index in [1.54, 1.807) is 13.1 Å². The number of rotatable bonds is 8. The lowest BCUT2D eigenvalue weighted by Gasteiger charge is -2.30. The summed E-state index contributed by atoms with van der Waals surface area (Å²) in [6.07, 6.45) is 5.93. The van der Waals surface area contributed by atoms with Gasteiger partial charge in [0.15, 0.2) is 0 Å². The van der Waals surface area contributed by atoms with Gasteiger partial charge in [0.2, 0.25) is 0 Å². The monoisotopic (exact) mass is 531 g/mol. The molecule has 1 aliphatic rings. The highest BCUT2D eigenvalue weighted by Crippen LogP contribution is 2.28. The molecule has 0 bridgehead atoms. The standard InChI is InChI=1S/C30H31F2N5O2/c1-20-28(35-15-7-11-23(35)16-21-8-6-14-34-17-21)29(38)37(19-27(33)22-9-3-2-4-10-22)30(39)36(20)18-24-25(31)12-5-13-26(24)32/h2-6,8-10,12-14,17,23,27H,7,11,15-16,18-19,33H2,1H3/t23?,27-/m0/s1. The quantitative estimate of drug-likeness (QED) is 0.372. The summed E-state index contributed by atoms with van der Waals surface area (Å²) in [7, 11) is 0. The molecule has 0 radical (unpaired) electrons. The molecule has 202 valence electrons. The Morgan fingerprint density at radius 3 is 2.44 bits per heavy atom. The Bertz CT molecular complexity index is 1550. The van der Waals surface area contributed by atoms with E-state index in [0.29, 0.717) is 24.3 Å². The van der Waals surface area contributed by atoms with Crippen molar-refractivity contribution >= 4 is 5.69 Å². The number of pyridine rings is 1. The van der Waals surface area contributed by atoms with Crippen LogP contribution in [0.15, 0.2) is 82.6 Å². The molecule has 5 rings (SSSR count). The first kappa shape index (κ1) is 26.5. The van der Waals surface area contributed by atoms with Crippen LogP contribution in [0.4, 0.5) is 14.5 Å². The molecule has 0 aliphatic carbocycles. The molecule has 4 aromatic rings. The normalized spacial score (nSPS) is 16.0. The van der Waals surface area contributed by atoms with E-state index in [1.165, 1.54) is 10.6 Å². The van der Waals surface area contributed by atoms with Crippen LogP contribution in [0.2, 0.25) is 0 Å². The van der Waals surface area contributed by atoms with Gasteiger partial charge in [-0.1, -0.05) is 42.5 Å². The fraction of sp³-hybridized carbons (Fsp3) is 0.300. The minimum Gasteiger partial charge on any atom is -0.362 e. The number of benzene rings is 2. The first-order valence-corrected chi connectivity index (χ1v) is 13.1. The molecule has 0 amide bonds. The largest absolute Gasteiger partial charge is 0.362 e. The highest BCUT2D eigenvalue weighted by atomic mass is 19.1. The fourth-order valence-corrected chi connectivity index (χ4v) is 5.44. The van der Waals surface area contributed by atoms with Gasteiger partial charge in [-0.25, -0.2) is 13.6 Å². The maximum absolute atomic E-state index is 14.7. The maximum atomic E-state index is 14.7. The molecule has 0 saturated carbocycles. The van der Waals surface area contributed by atoms with Gasteiger partial charge < -0.3 is 10.6 Å². The first-order valence-electron chi connectivity index (χ1n) is 13.1. The molecule has 3 heterocycles. The van der Waals surface area contributed by atoms with E-state index in [0.717, 1.165) is 40.7 Å². The van der Waals surface area contributed by atoms with Gasteiger partial charge in [0.1, 0.15) is 17.3 Å². The van der Waals surface area contributed by atoms with E-state index < -0.39 is 28.9 Å². The minimum atomic E-state index is -0.753. The summed E-state index contributed by atoms with van der Waals surface area (Å²) in [5.41, 5.74) is 7.64. The van der Waals surface area contributed by atoms with Crippen LogP contribution in [0, 0.1) is 18.6 Å². The van der Waals surface area contributed by atoms with Crippen molar-refractivity contribution in [3.63, 3.8) is 0 Å². The van der Waals surface area contributed by atoms with Gasteiger partial charge in [0.05, 0.1) is 13.1 Å². The Labute approximate surface area is 225 Å². The van der Waals surface area contributed by atoms with E-state index in [2.05, 4.69) is 4.98 Å². The molecular formula is C30H31F2N5O2. The van der Waals surface area contributed by atoms with Crippen molar-refractivity contribution in [3.05, 3.63) is 128 Å². The first-order chi connectivity index (χ1) is 18.8. The topological polar surface area (TPSA) is 86.2 Å². The second-order valence-electron chi connectivity index (χ2n) is 9.99. The van der Waals surface area contributed by atoms with Crippen molar-refractivity contribution in [2.45, 2.75) is 51.4 Å². The van der Waals surface area contributed by atoms with E-state index in [1.807, 2.05) is 53.6 Å². The molecule has 7 nitrogen and oxygen atoms in total. The summed E-state index contributed by atoms with van der Waals surface area (Å²) >= 11 is 0. The second kappa shape index (κ2) is 11.3. The molecule has 0 spiro atoms. The lowest BCUT2D eigenvalue weighted by molar-refractivity contribution is 0.489. The number of hydrogen-bond acceptors (Lipinski definition) is 5. The molecule has 2 aromatic heterocycles. The van der Waals surface area contributed by atoms with Gasteiger partial charge in [0.25, 0.3) is 5.56 Å². The summed E-state index contributed by atoms with van der Waals surface area (Å²) in [6, 6.07) is 16.1. The Balaban J connectivity index is 1.63. The van der Waals surface area contributed by atoms with Crippen LogP contribution in [-0.2, 0) is 19.5 Å². The van der Waals surface area contributed by atoms with Crippen LogP contribution in [0.25, 0.3) is 0 Å². The van der Waals surface area contributed by atoms with Crippen LogP contribution in [0.3, 0.4) is 0 Å². The lowest BCUT2D eigenvalue weighted by Crippen LogP contribution is -2.47. The van der Waals surface area contributed by atoms with E-state index >= 15 is 0 Å². The smallest absolute Gasteiger partial charge is 0.331 e. The van der Waals surface area contributed by atoms with Gasteiger partial charge in [-0.15, -0.1) is 0 Å². The Morgan fingerprint density at radius 2 is 1.74 bits per heavy atom. The highest BCUT2D eigenvalue weighted by molar-refractivity contribution is 5.51. The number of hydrogen-bond donors (Lipinski definition) is 1. The zero-order chi connectivity index (χ0) is 27.5. The van der Waals surface area contributed by atoms with Crippen molar-refractivity contribution in [1.82, 2.24) is 14.1 Å². The second-order valence-corrected chi connectivity index (χ2v) is 9.99. The van der Waals surface area contributed by atoms with Crippen molar-refractivity contribution in [2.24, 2.45) is 5.73 Å². The van der Waals surface area contributed by atoms with E-state index in [4.69, 9.17) is 5.73 Å². The summed E-state index contributed by atoms with van der Waals surface area (Å²) in [4.78, 5) is 34.0. The third-order valence-corrected chi connectivity index (χ3v) is 7.50. The van der Waals surface area contributed by atoms with Gasteiger partial charge >= 0.3 is 5.69 Å².